The van der Waals surface area contributed by atoms with Gasteiger partial charge in [-0.15, -0.1) is 0 Å². The number of carbonyl (C=O) groups is 1. The molecule has 174 valence electrons. The maximum absolute atomic E-state index is 12.6. The SMILES string of the molecule is COc1ccc(CN(CC[C@@]2(c3ccccc3)C[C@@H](C)N(C)C[C@@H]2C)C(C)=O)cc1OC. The largest absolute Gasteiger partial charge is 0.493 e. The van der Waals surface area contributed by atoms with Crippen molar-refractivity contribution in [2.24, 2.45) is 5.92 Å². The minimum absolute atomic E-state index is 0.0541. The van der Waals surface area contributed by atoms with Crippen LogP contribution in [0.2, 0.25) is 0 Å². The standard InChI is InChI=1S/C27H38N2O3/c1-20-18-28(4)21(2)17-27(20,24-10-8-7-9-11-24)14-15-29(22(3)30)19-23-12-13-25(31-5)26(16-23)32-6/h7-13,16,20-21H,14-15,17-19H2,1-6H3/t20-,21+,27+/m0/s1. The summed E-state index contributed by atoms with van der Waals surface area (Å²) in [6.45, 7) is 8.68. The highest BCUT2D eigenvalue weighted by atomic mass is 16.5. The molecule has 5 heteroatoms. The summed E-state index contributed by atoms with van der Waals surface area (Å²) >= 11 is 0. The zero-order valence-corrected chi connectivity index (χ0v) is 20.4. The van der Waals surface area contributed by atoms with Gasteiger partial charge in [-0.25, -0.2) is 0 Å². The Morgan fingerprint density at radius 3 is 2.41 bits per heavy atom. The number of ether oxygens (including phenoxy) is 2. The first-order chi connectivity index (χ1) is 15.3. The first-order valence-corrected chi connectivity index (χ1v) is 11.5. The lowest BCUT2D eigenvalue weighted by Crippen LogP contribution is -2.52. The predicted molar refractivity (Wildman–Crippen MR) is 129 cm³/mol. The third kappa shape index (κ3) is 5.09. The van der Waals surface area contributed by atoms with Crippen LogP contribution in [0.15, 0.2) is 48.5 Å². The summed E-state index contributed by atoms with van der Waals surface area (Å²) in [6.07, 6.45) is 2.04. The summed E-state index contributed by atoms with van der Waals surface area (Å²) in [5.41, 5.74) is 2.48. The van der Waals surface area contributed by atoms with Crippen molar-refractivity contribution in [3.05, 3.63) is 59.7 Å². The number of benzene rings is 2. The molecule has 2 aromatic carbocycles. The van der Waals surface area contributed by atoms with Crippen LogP contribution in [0.1, 0.15) is 44.7 Å². The molecule has 1 aliphatic heterocycles. The molecule has 1 heterocycles. The zero-order valence-electron chi connectivity index (χ0n) is 20.4. The zero-order chi connectivity index (χ0) is 23.3. The fourth-order valence-electron chi connectivity index (χ4n) is 5.22. The molecule has 0 unspecified atom stereocenters. The Hall–Kier alpha value is -2.53. The van der Waals surface area contributed by atoms with Crippen molar-refractivity contribution in [3.63, 3.8) is 0 Å². The number of hydrogen-bond donors (Lipinski definition) is 0. The monoisotopic (exact) mass is 438 g/mol. The average Bonchev–Trinajstić information content (AvgIpc) is 2.79. The molecule has 3 atom stereocenters. The van der Waals surface area contributed by atoms with Gasteiger partial charge in [-0.05, 0) is 56.0 Å². The van der Waals surface area contributed by atoms with E-state index in [4.69, 9.17) is 9.47 Å². The minimum Gasteiger partial charge on any atom is -0.493 e. The van der Waals surface area contributed by atoms with Crippen molar-refractivity contribution in [3.8, 4) is 11.5 Å². The molecule has 5 nitrogen and oxygen atoms in total. The van der Waals surface area contributed by atoms with Gasteiger partial charge in [0.15, 0.2) is 11.5 Å². The van der Waals surface area contributed by atoms with Crippen LogP contribution in [0.4, 0.5) is 0 Å². The van der Waals surface area contributed by atoms with Gasteiger partial charge in [0.2, 0.25) is 5.91 Å². The third-order valence-corrected chi connectivity index (χ3v) is 7.36. The van der Waals surface area contributed by atoms with Gasteiger partial charge in [0.25, 0.3) is 0 Å². The molecule has 0 aromatic heterocycles. The Kier molecular flexibility index (Phi) is 7.83. The highest BCUT2D eigenvalue weighted by molar-refractivity contribution is 5.73. The normalized spacial score (nSPS) is 23.6. The predicted octanol–water partition coefficient (Wildman–Crippen LogP) is 4.74. The molecular weight excluding hydrogens is 400 g/mol. The van der Waals surface area contributed by atoms with Crippen molar-refractivity contribution in [1.29, 1.82) is 0 Å². The molecule has 0 aliphatic carbocycles. The van der Waals surface area contributed by atoms with Crippen LogP contribution in [-0.2, 0) is 16.8 Å². The van der Waals surface area contributed by atoms with E-state index in [-0.39, 0.29) is 11.3 Å². The second-order valence-corrected chi connectivity index (χ2v) is 9.30. The molecule has 1 fully saturated rings. The van der Waals surface area contributed by atoms with E-state index in [0.717, 1.165) is 31.5 Å². The summed E-state index contributed by atoms with van der Waals surface area (Å²) in [5.74, 6) is 1.98. The summed E-state index contributed by atoms with van der Waals surface area (Å²) < 4.78 is 10.8. The number of carbonyl (C=O) groups excluding carboxylic acids is 1. The Morgan fingerprint density at radius 1 is 1.09 bits per heavy atom. The van der Waals surface area contributed by atoms with Crippen LogP contribution in [0, 0.1) is 5.92 Å². The van der Waals surface area contributed by atoms with Crippen LogP contribution in [0.5, 0.6) is 11.5 Å². The van der Waals surface area contributed by atoms with Crippen LogP contribution < -0.4 is 9.47 Å². The van der Waals surface area contributed by atoms with Crippen LogP contribution in [-0.4, -0.2) is 56.1 Å². The number of amides is 1. The van der Waals surface area contributed by atoms with Gasteiger partial charge in [-0.1, -0.05) is 43.3 Å². The molecule has 0 spiro atoms. The second kappa shape index (κ2) is 10.4. The number of methoxy groups -OCH3 is 2. The third-order valence-electron chi connectivity index (χ3n) is 7.36. The highest BCUT2D eigenvalue weighted by Crippen LogP contribution is 2.44. The van der Waals surface area contributed by atoms with Gasteiger partial charge >= 0.3 is 0 Å². The molecule has 32 heavy (non-hydrogen) atoms. The van der Waals surface area contributed by atoms with Crippen LogP contribution >= 0.6 is 0 Å². The van der Waals surface area contributed by atoms with Crippen LogP contribution in [0.3, 0.4) is 0 Å². The van der Waals surface area contributed by atoms with Crippen molar-refractivity contribution in [2.45, 2.75) is 51.6 Å². The fraction of sp³-hybridized carbons (Fsp3) is 0.519. The number of piperidine rings is 1. The van der Waals surface area contributed by atoms with E-state index >= 15 is 0 Å². The Balaban J connectivity index is 1.84. The quantitative estimate of drug-likeness (QED) is 0.597. The summed E-state index contributed by atoms with van der Waals surface area (Å²) in [5, 5.41) is 0. The highest BCUT2D eigenvalue weighted by Gasteiger charge is 2.43. The molecule has 1 amide bonds. The molecule has 1 aliphatic rings. The first kappa shape index (κ1) is 24.1. The maximum atomic E-state index is 12.6. The van der Waals surface area contributed by atoms with E-state index < -0.39 is 0 Å². The van der Waals surface area contributed by atoms with Gasteiger partial charge in [-0.2, -0.15) is 0 Å². The molecule has 3 rings (SSSR count). The molecule has 0 N–H and O–H groups in total. The maximum Gasteiger partial charge on any atom is 0.219 e. The molecule has 0 bridgehead atoms. The first-order valence-electron chi connectivity index (χ1n) is 11.5. The van der Waals surface area contributed by atoms with Crippen molar-refractivity contribution >= 4 is 5.91 Å². The van der Waals surface area contributed by atoms with E-state index in [0.29, 0.717) is 30.0 Å². The summed E-state index contributed by atoms with van der Waals surface area (Å²) in [7, 11) is 5.48. The lowest BCUT2D eigenvalue weighted by atomic mass is 9.63. The number of nitrogens with zero attached hydrogens (tertiary/aromatic N) is 2. The van der Waals surface area contributed by atoms with E-state index in [1.165, 1.54) is 5.56 Å². The molecule has 2 aromatic rings. The smallest absolute Gasteiger partial charge is 0.219 e. The van der Waals surface area contributed by atoms with Gasteiger partial charge in [0, 0.05) is 38.0 Å². The van der Waals surface area contributed by atoms with Gasteiger partial charge in [0.1, 0.15) is 0 Å². The molecule has 0 radical (unpaired) electrons. The van der Waals surface area contributed by atoms with E-state index in [2.05, 4.69) is 56.1 Å². The van der Waals surface area contributed by atoms with E-state index in [1.54, 1.807) is 21.1 Å². The van der Waals surface area contributed by atoms with E-state index in [1.807, 2.05) is 23.1 Å². The fourth-order valence-corrected chi connectivity index (χ4v) is 5.22. The number of hydrogen-bond acceptors (Lipinski definition) is 4. The Labute approximate surface area is 193 Å². The van der Waals surface area contributed by atoms with Crippen molar-refractivity contribution in [1.82, 2.24) is 9.80 Å². The van der Waals surface area contributed by atoms with Crippen molar-refractivity contribution < 1.29 is 14.3 Å². The van der Waals surface area contributed by atoms with E-state index in [9.17, 15) is 4.79 Å². The summed E-state index contributed by atoms with van der Waals surface area (Å²) in [4.78, 5) is 17.0. The average molecular weight is 439 g/mol. The number of likely N-dealkylation sites (tertiary alicyclic amines) is 1. The lowest BCUT2D eigenvalue weighted by Gasteiger charge is -2.50. The van der Waals surface area contributed by atoms with Crippen LogP contribution in [0.25, 0.3) is 0 Å². The second-order valence-electron chi connectivity index (χ2n) is 9.30. The molecule has 0 saturated carbocycles. The van der Waals surface area contributed by atoms with Gasteiger partial charge in [0.05, 0.1) is 14.2 Å². The topological polar surface area (TPSA) is 42.0 Å². The van der Waals surface area contributed by atoms with Crippen molar-refractivity contribution in [2.75, 3.05) is 34.4 Å². The Bertz CT molecular complexity index is 901. The lowest BCUT2D eigenvalue weighted by molar-refractivity contribution is -0.129. The molecule has 1 saturated heterocycles. The molecular formula is C27H38N2O3. The Morgan fingerprint density at radius 2 is 1.78 bits per heavy atom. The summed E-state index contributed by atoms with van der Waals surface area (Å²) in [6, 6.07) is 17.3. The van der Waals surface area contributed by atoms with Gasteiger partial charge < -0.3 is 19.3 Å². The number of rotatable bonds is 8. The minimum atomic E-state index is 0.0541. The van der Waals surface area contributed by atoms with Gasteiger partial charge in [-0.3, -0.25) is 4.79 Å².